The van der Waals surface area contributed by atoms with Crippen molar-refractivity contribution in [2.75, 3.05) is 6.54 Å². The minimum atomic E-state index is -0.219. The van der Waals surface area contributed by atoms with Gasteiger partial charge in [0.15, 0.2) is 5.82 Å². The zero-order valence-corrected chi connectivity index (χ0v) is 13.9. The average molecular weight is 338 g/mol. The lowest BCUT2D eigenvalue weighted by molar-refractivity contribution is 0.0561. The van der Waals surface area contributed by atoms with Gasteiger partial charge in [0, 0.05) is 38.4 Å². The second-order valence-corrected chi connectivity index (χ2v) is 6.07. The Balaban J connectivity index is 1.63. The van der Waals surface area contributed by atoms with Crippen molar-refractivity contribution in [3.63, 3.8) is 0 Å². The molecule has 3 aromatic heterocycles. The minimum absolute atomic E-state index is 0.0606. The molecule has 1 aliphatic heterocycles. The number of rotatable bonds is 3. The summed E-state index contributed by atoms with van der Waals surface area (Å²) < 4.78 is 7.30. The number of carbonyl (C=O) groups is 1. The number of hydrogen-bond donors (Lipinski definition) is 0. The van der Waals surface area contributed by atoms with Crippen LogP contribution in [0.2, 0.25) is 0 Å². The molecule has 1 aliphatic rings. The van der Waals surface area contributed by atoms with E-state index < -0.39 is 0 Å². The van der Waals surface area contributed by atoms with Crippen LogP contribution in [-0.2, 0) is 7.05 Å². The van der Waals surface area contributed by atoms with Crippen molar-refractivity contribution < 1.29 is 9.32 Å². The van der Waals surface area contributed by atoms with Gasteiger partial charge in [-0.25, -0.2) is 4.98 Å². The van der Waals surface area contributed by atoms with Crippen LogP contribution in [0.4, 0.5) is 0 Å². The number of imidazole rings is 1. The Bertz CT molecular complexity index is 872. The van der Waals surface area contributed by atoms with Crippen LogP contribution < -0.4 is 0 Å². The van der Waals surface area contributed by atoms with Crippen LogP contribution in [0.1, 0.15) is 41.6 Å². The number of nitrogens with zero attached hydrogens (tertiary/aromatic N) is 6. The second-order valence-electron chi connectivity index (χ2n) is 6.07. The topological polar surface area (TPSA) is 89.9 Å². The molecular formula is C17H18N6O2. The van der Waals surface area contributed by atoms with Crippen molar-refractivity contribution in [2.45, 2.75) is 25.3 Å². The Morgan fingerprint density at radius 3 is 3.00 bits per heavy atom. The molecule has 0 radical (unpaired) electrons. The maximum atomic E-state index is 12.9. The first-order valence-corrected chi connectivity index (χ1v) is 8.26. The molecule has 8 heteroatoms. The van der Waals surface area contributed by atoms with Gasteiger partial charge in [-0.2, -0.15) is 4.98 Å². The summed E-state index contributed by atoms with van der Waals surface area (Å²) in [6.45, 7) is 0.665. The summed E-state index contributed by atoms with van der Waals surface area (Å²) in [6.07, 6.45) is 9.52. The summed E-state index contributed by atoms with van der Waals surface area (Å²) in [5.74, 6) is 1.46. The van der Waals surface area contributed by atoms with E-state index >= 15 is 0 Å². The largest absolute Gasteiger partial charge is 0.337 e. The zero-order valence-electron chi connectivity index (χ0n) is 13.9. The summed E-state index contributed by atoms with van der Waals surface area (Å²) in [5, 5.41) is 4.04. The van der Waals surface area contributed by atoms with Gasteiger partial charge in [-0.1, -0.05) is 5.16 Å². The van der Waals surface area contributed by atoms with Crippen LogP contribution in [0.5, 0.6) is 0 Å². The average Bonchev–Trinajstić information content (AvgIpc) is 3.30. The third-order valence-corrected chi connectivity index (χ3v) is 4.42. The van der Waals surface area contributed by atoms with Gasteiger partial charge in [-0.05, 0) is 31.4 Å². The Morgan fingerprint density at radius 2 is 2.24 bits per heavy atom. The predicted molar refractivity (Wildman–Crippen MR) is 88.4 cm³/mol. The Morgan fingerprint density at radius 1 is 1.32 bits per heavy atom. The SMILES string of the molecule is Cn1ccnc1-c1noc(C2CCCCN2C(=O)c2cccnc2)n1. The third-order valence-electron chi connectivity index (χ3n) is 4.42. The van der Waals surface area contributed by atoms with E-state index in [1.807, 2.05) is 17.8 Å². The molecule has 0 aliphatic carbocycles. The summed E-state index contributed by atoms with van der Waals surface area (Å²) in [4.78, 5) is 27.4. The van der Waals surface area contributed by atoms with E-state index in [1.165, 1.54) is 0 Å². The fourth-order valence-corrected chi connectivity index (χ4v) is 3.13. The maximum absolute atomic E-state index is 12.9. The fraction of sp³-hybridized carbons (Fsp3) is 0.353. The number of amides is 1. The van der Waals surface area contributed by atoms with Crippen molar-refractivity contribution in [3.8, 4) is 11.6 Å². The molecule has 0 spiro atoms. The van der Waals surface area contributed by atoms with Crippen LogP contribution in [0, 0.1) is 0 Å². The maximum Gasteiger partial charge on any atom is 0.256 e. The molecule has 0 saturated carbocycles. The Labute approximate surface area is 144 Å². The highest BCUT2D eigenvalue weighted by atomic mass is 16.5. The lowest BCUT2D eigenvalue weighted by Gasteiger charge is -2.33. The molecular weight excluding hydrogens is 320 g/mol. The molecule has 1 saturated heterocycles. The van der Waals surface area contributed by atoms with Crippen LogP contribution in [0.3, 0.4) is 0 Å². The van der Waals surface area contributed by atoms with E-state index in [-0.39, 0.29) is 11.9 Å². The molecule has 4 rings (SSSR count). The number of aromatic nitrogens is 5. The normalized spacial score (nSPS) is 17.6. The van der Waals surface area contributed by atoms with Gasteiger partial charge < -0.3 is 14.0 Å². The third kappa shape index (κ3) is 2.90. The summed E-state index contributed by atoms with van der Waals surface area (Å²) in [7, 11) is 1.87. The molecule has 128 valence electrons. The number of carbonyl (C=O) groups excluding carboxylic acids is 1. The Hall–Kier alpha value is -3.03. The highest BCUT2D eigenvalue weighted by molar-refractivity contribution is 5.94. The number of likely N-dealkylation sites (tertiary alicyclic amines) is 1. The van der Waals surface area contributed by atoms with E-state index in [2.05, 4.69) is 20.1 Å². The van der Waals surface area contributed by atoms with Gasteiger partial charge in [0.05, 0.1) is 5.56 Å². The van der Waals surface area contributed by atoms with E-state index in [0.29, 0.717) is 29.6 Å². The van der Waals surface area contributed by atoms with Gasteiger partial charge in [-0.3, -0.25) is 9.78 Å². The summed E-state index contributed by atoms with van der Waals surface area (Å²) in [5.41, 5.74) is 0.568. The van der Waals surface area contributed by atoms with Gasteiger partial charge >= 0.3 is 0 Å². The number of aryl methyl sites for hydroxylation is 1. The Kier molecular flexibility index (Phi) is 4.01. The lowest BCUT2D eigenvalue weighted by Crippen LogP contribution is -2.38. The summed E-state index contributed by atoms with van der Waals surface area (Å²) >= 11 is 0. The van der Waals surface area contributed by atoms with Gasteiger partial charge in [0.2, 0.25) is 11.7 Å². The molecule has 0 aromatic carbocycles. The van der Waals surface area contributed by atoms with Crippen LogP contribution in [-0.4, -0.2) is 42.0 Å². The van der Waals surface area contributed by atoms with Gasteiger partial charge in [0.25, 0.3) is 5.91 Å². The van der Waals surface area contributed by atoms with E-state index in [0.717, 1.165) is 19.3 Å². The van der Waals surface area contributed by atoms with Crippen molar-refractivity contribution in [1.82, 2.24) is 29.6 Å². The van der Waals surface area contributed by atoms with Crippen molar-refractivity contribution >= 4 is 5.91 Å². The second kappa shape index (κ2) is 6.46. The van der Waals surface area contributed by atoms with Crippen LogP contribution >= 0.6 is 0 Å². The van der Waals surface area contributed by atoms with Crippen LogP contribution in [0.15, 0.2) is 41.4 Å². The molecule has 1 amide bonds. The molecule has 8 nitrogen and oxygen atoms in total. The zero-order chi connectivity index (χ0) is 17.2. The number of pyridine rings is 1. The number of hydrogen-bond acceptors (Lipinski definition) is 6. The molecule has 3 aromatic rings. The first kappa shape index (κ1) is 15.5. The molecule has 25 heavy (non-hydrogen) atoms. The molecule has 1 fully saturated rings. The molecule has 4 heterocycles. The molecule has 0 bridgehead atoms. The van der Waals surface area contributed by atoms with Crippen molar-refractivity contribution in [1.29, 1.82) is 0 Å². The van der Waals surface area contributed by atoms with Crippen LogP contribution in [0.25, 0.3) is 11.6 Å². The highest BCUT2D eigenvalue weighted by Crippen LogP contribution is 2.32. The van der Waals surface area contributed by atoms with E-state index in [1.54, 1.807) is 35.6 Å². The smallest absolute Gasteiger partial charge is 0.256 e. The predicted octanol–water partition coefficient (Wildman–Crippen LogP) is 2.23. The quantitative estimate of drug-likeness (QED) is 0.727. The molecule has 0 N–H and O–H groups in total. The highest BCUT2D eigenvalue weighted by Gasteiger charge is 2.33. The van der Waals surface area contributed by atoms with Gasteiger partial charge in [-0.15, -0.1) is 0 Å². The fourth-order valence-electron chi connectivity index (χ4n) is 3.13. The molecule has 1 unspecified atom stereocenters. The van der Waals surface area contributed by atoms with E-state index in [4.69, 9.17) is 4.52 Å². The van der Waals surface area contributed by atoms with Gasteiger partial charge in [0.1, 0.15) is 6.04 Å². The lowest BCUT2D eigenvalue weighted by atomic mass is 10.0. The molecule has 1 atom stereocenters. The summed E-state index contributed by atoms with van der Waals surface area (Å²) in [6, 6.07) is 3.31. The first-order chi connectivity index (χ1) is 12.2. The minimum Gasteiger partial charge on any atom is -0.337 e. The first-order valence-electron chi connectivity index (χ1n) is 8.26. The number of piperidine rings is 1. The standard InChI is InChI=1S/C17H18N6O2/c1-22-10-8-19-15(22)14-20-16(25-21-14)13-6-2-3-9-23(13)17(24)12-5-4-7-18-11-12/h4-5,7-8,10-11,13H,2-3,6,9H2,1H3. The van der Waals surface area contributed by atoms with Crippen molar-refractivity contribution in [3.05, 3.63) is 48.4 Å². The van der Waals surface area contributed by atoms with E-state index in [9.17, 15) is 4.79 Å². The monoisotopic (exact) mass is 338 g/mol. The van der Waals surface area contributed by atoms with Crippen molar-refractivity contribution in [2.24, 2.45) is 7.05 Å².